The molecule has 0 saturated heterocycles. The topological polar surface area (TPSA) is 49.3 Å². The first-order valence-electron chi connectivity index (χ1n) is 5.78. The van der Waals surface area contributed by atoms with Gasteiger partial charge in [0.25, 0.3) is 5.91 Å². The van der Waals surface area contributed by atoms with Crippen LogP contribution < -0.4 is 5.32 Å². The van der Waals surface area contributed by atoms with Gasteiger partial charge in [-0.05, 0) is 25.3 Å². The molecule has 1 amide bonds. The third-order valence-electron chi connectivity index (χ3n) is 2.75. The van der Waals surface area contributed by atoms with Crippen LogP contribution in [0.1, 0.15) is 40.9 Å². The zero-order valence-electron chi connectivity index (χ0n) is 9.53. The first-order chi connectivity index (χ1) is 8.29. The van der Waals surface area contributed by atoms with Crippen molar-refractivity contribution in [1.82, 2.24) is 5.32 Å². The fraction of sp³-hybridized carbons (Fsp3) is 0.462. The van der Waals surface area contributed by atoms with Crippen LogP contribution in [0.3, 0.4) is 0 Å². The number of aliphatic hydroxyl groups is 1. The molecular weight excluding hydrogens is 234 g/mol. The number of carbonyl (C=O) groups is 1. The Kier molecular flexibility index (Phi) is 4.18. The summed E-state index contributed by atoms with van der Waals surface area (Å²) in [6.07, 6.45) is 3.88. The fourth-order valence-electron chi connectivity index (χ4n) is 1.55. The third-order valence-corrected chi connectivity index (χ3v) is 3.60. The van der Waals surface area contributed by atoms with Gasteiger partial charge < -0.3 is 10.4 Å². The second-order valence-corrected chi connectivity index (χ2v) is 4.99. The second kappa shape index (κ2) is 5.85. The minimum Gasteiger partial charge on any atom is -0.395 e. The largest absolute Gasteiger partial charge is 0.395 e. The highest BCUT2D eigenvalue weighted by atomic mass is 32.1. The zero-order chi connectivity index (χ0) is 12.1. The van der Waals surface area contributed by atoms with Gasteiger partial charge in [-0.2, -0.15) is 0 Å². The Labute approximate surface area is 105 Å². The van der Waals surface area contributed by atoms with Crippen molar-refractivity contribution in [1.29, 1.82) is 0 Å². The average Bonchev–Trinajstić information content (AvgIpc) is 2.72. The highest BCUT2D eigenvalue weighted by molar-refractivity contribution is 7.10. The molecule has 1 aliphatic rings. The van der Waals surface area contributed by atoms with Crippen LogP contribution in [0.4, 0.5) is 0 Å². The van der Waals surface area contributed by atoms with E-state index in [2.05, 4.69) is 17.2 Å². The van der Waals surface area contributed by atoms with Crippen molar-refractivity contribution < 1.29 is 9.90 Å². The number of aliphatic hydroxyl groups excluding tert-OH is 1. The van der Waals surface area contributed by atoms with Crippen molar-refractivity contribution in [2.45, 2.75) is 31.7 Å². The molecular formula is C13H15NO2S. The molecule has 0 bridgehead atoms. The molecule has 1 heterocycles. The summed E-state index contributed by atoms with van der Waals surface area (Å²) in [6.45, 7) is 0.0768. The highest BCUT2D eigenvalue weighted by Gasteiger charge is 2.20. The molecule has 2 N–H and O–H groups in total. The Balaban J connectivity index is 1.92. The molecule has 0 spiro atoms. The van der Waals surface area contributed by atoms with E-state index in [1.54, 1.807) is 0 Å². The number of hydrogen-bond acceptors (Lipinski definition) is 3. The van der Waals surface area contributed by atoms with Gasteiger partial charge >= 0.3 is 0 Å². The molecule has 1 aliphatic carbocycles. The summed E-state index contributed by atoms with van der Waals surface area (Å²) in [5, 5.41) is 13.4. The molecule has 17 heavy (non-hydrogen) atoms. The number of carbonyl (C=O) groups excluding carboxylic acids is 1. The summed E-state index contributed by atoms with van der Waals surface area (Å²) in [5.41, 5.74) is 0.690. The molecule has 4 heteroatoms. The Bertz CT molecular complexity index is 451. The van der Waals surface area contributed by atoms with Crippen LogP contribution in [0.15, 0.2) is 11.4 Å². The summed E-state index contributed by atoms with van der Waals surface area (Å²) in [6, 6.07) is 2.18. The minimum absolute atomic E-state index is 0.00107. The monoisotopic (exact) mass is 249 g/mol. The van der Waals surface area contributed by atoms with Gasteiger partial charge in [-0.25, -0.2) is 0 Å². The predicted molar refractivity (Wildman–Crippen MR) is 68.0 cm³/mol. The molecule has 0 aliphatic heterocycles. The van der Waals surface area contributed by atoms with E-state index in [0.29, 0.717) is 18.0 Å². The molecule has 1 aromatic rings. The van der Waals surface area contributed by atoms with E-state index in [1.165, 1.54) is 17.8 Å². The summed E-state index contributed by atoms with van der Waals surface area (Å²) in [5.74, 6) is 5.78. The lowest BCUT2D eigenvalue weighted by molar-refractivity contribution is 0.0917. The van der Waals surface area contributed by atoms with Crippen molar-refractivity contribution in [3.8, 4) is 11.8 Å². The molecule has 0 unspecified atom stereocenters. The van der Waals surface area contributed by atoms with E-state index in [9.17, 15) is 4.79 Å². The predicted octanol–water partition coefficient (Wildman–Crippen LogP) is 1.76. The van der Waals surface area contributed by atoms with Gasteiger partial charge in [0.15, 0.2) is 0 Å². The number of nitrogens with one attached hydrogen (secondary N) is 1. The number of amides is 1. The van der Waals surface area contributed by atoms with E-state index in [1.807, 2.05) is 11.4 Å². The lowest BCUT2D eigenvalue weighted by Gasteiger charge is -2.26. The van der Waals surface area contributed by atoms with E-state index >= 15 is 0 Å². The minimum atomic E-state index is 0.00107. The van der Waals surface area contributed by atoms with Gasteiger partial charge in [-0.3, -0.25) is 4.79 Å². The highest BCUT2D eigenvalue weighted by Crippen LogP contribution is 2.19. The zero-order valence-corrected chi connectivity index (χ0v) is 10.3. The molecule has 90 valence electrons. The van der Waals surface area contributed by atoms with E-state index in [4.69, 9.17) is 5.11 Å². The Morgan fingerprint density at radius 3 is 3.06 bits per heavy atom. The third kappa shape index (κ3) is 3.32. The molecule has 3 nitrogen and oxygen atoms in total. The van der Waals surface area contributed by atoms with Crippen molar-refractivity contribution in [3.05, 3.63) is 21.9 Å². The summed E-state index contributed by atoms with van der Waals surface area (Å²) in [7, 11) is 0. The molecule has 1 saturated carbocycles. The van der Waals surface area contributed by atoms with Gasteiger partial charge in [-0.15, -0.1) is 11.3 Å². The average molecular weight is 249 g/mol. The molecule has 0 aromatic carbocycles. The van der Waals surface area contributed by atoms with Crippen LogP contribution >= 0.6 is 11.3 Å². The van der Waals surface area contributed by atoms with E-state index in [-0.39, 0.29) is 12.5 Å². The number of rotatable bonds is 3. The fourth-order valence-corrected chi connectivity index (χ4v) is 2.30. The summed E-state index contributed by atoms with van der Waals surface area (Å²) >= 11 is 1.46. The molecule has 1 aromatic heterocycles. The first-order valence-corrected chi connectivity index (χ1v) is 6.66. The molecule has 0 radical (unpaired) electrons. The molecule has 1 fully saturated rings. The van der Waals surface area contributed by atoms with Crippen LogP contribution in [-0.2, 0) is 0 Å². The molecule has 0 atom stereocenters. The van der Waals surface area contributed by atoms with Crippen molar-refractivity contribution in [3.63, 3.8) is 0 Å². The van der Waals surface area contributed by atoms with Crippen molar-refractivity contribution in [2.24, 2.45) is 0 Å². The lowest BCUT2D eigenvalue weighted by atomic mass is 9.93. The van der Waals surface area contributed by atoms with Crippen molar-refractivity contribution >= 4 is 17.2 Å². The van der Waals surface area contributed by atoms with Gasteiger partial charge in [0, 0.05) is 17.8 Å². The quantitative estimate of drug-likeness (QED) is 0.802. The lowest BCUT2D eigenvalue weighted by Crippen LogP contribution is -2.39. The standard InChI is InChI=1S/C13H15NO2S/c15-7-2-1-6-12-8-10(9-17-12)13(16)14-11-4-3-5-11/h8-9,11,15H,2-5,7H2,(H,14,16). The van der Waals surface area contributed by atoms with Crippen LogP contribution in [0.5, 0.6) is 0 Å². The Hall–Kier alpha value is -1.31. The van der Waals surface area contributed by atoms with E-state index in [0.717, 1.165) is 17.7 Å². The Morgan fingerprint density at radius 2 is 2.41 bits per heavy atom. The summed E-state index contributed by atoms with van der Waals surface area (Å²) < 4.78 is 0. The maximum Gasteiger partial charge on any atom is 0.252 e. The van der Waals surface area contributed by atoms with Crippen LogP contribution in [-0.4, -0.2) is 23.7 Å². The second-order valence-electron chi connectivity index (χ2n) is 4.08. The number of hydrogen-bond donors (Lipinski definition) is 2. The smallest absolute Gasteiger partial charge is 0.252 e. The normalized spacial score (nSPS) is 14.6. The van der Waals surface area contributed by atoms with Gasteiger partial charge in [0.2, 0.25) is 0 Å². The molecule has 2 rings (SSSR count). The van der Waals surface area contributed by atoms with E-state index < -0.39 is 0 Å². The Morgan fingerprint density at radius 1 is 1.59 bits per heavy atom. The van der Waals surface area contributed by atoms with Crippen molar-refractivity contribution in [2.75, 3.05) is 6.61 Å². The van der Waals surface area contributed by atoms with Gasteiger partial charge in [0.1, 0.15) is 0 Å². The van der Waals surface area contributed by atoms with Gasteiger partial charge in [-0.1, -0.05) is 11.8 Å². The first kappa shape index (κ1) is 12.2. The summed E-state index contributed by atoms with van der Waals surface area (Å²) in [4.78, 5) is 12.7. The maximum atomic E-state index is 11.8. The maximum absolute atomic E-state index is 11.8. The van der Waals surface area contributed by atoms with Gasteiger partial charge in [0.05, 0.1) is 17.0 Å². The van der Waals surface area contributed by atoms with Crippen LogP contribution in [0, 0.1) is 11.8 Å². The SMILES string of the molecule is O=C(NC1CCC1)c1csc(C#CCCO)c1. The van der Waals surface area contributed by atoms with Crippen LogP contribution in [0.2, 0.25) is 0 Å². The van der Waals surface area contributed by atoms with Crippen LogP contribution in [0.25, 0.3) is 0 Å². The number of thiophene rings is 1.